The summed E-state index contributed by atoms with van der Waals surface area (Å²) >= 11 is 1.20. The average Bonchev–Trinajstić information content (AvgIpc) is 1.64. The van der Waals surface area contributed by atoms with Crippen LogP contribution in [0.3, 0.4) is 0 Å². The molecule has 0 saturated carbocycles. The number of thioether (sulfide) groups is 1. The van der Waals surface area contributed by atoms with Crippen LogP contribution in [-0.2, 0) is 54.4 Å². The molecule has 1 unspecified atom stereocenters. The standard InChI is InChI=1S/C81H145N17O12S/c1-4-7-10-12-14-16-18-20-22-24-26-28-30-44-69(100)109-57-62(110-70(101)45-31-29-27-25-23-21-19-17-15-13-11-8-5-2)58-111-59-63(86)74(102)94-68(56-99)79(107)93-67(43-35-39-53-85)78(106)92-66(42-34-38-52-84)77(105)91-65(41-33-37-51-83)76(104)90-64(40-32-36-50-82)75(103)89-61-48-46-60(47-49-61)55-98-73-71(95-81(98)108)72(87)96-80(97-73)88-54-9-6-3/h46-49,62-68,99H,4-45,50-59,82-86H2,1-3H3,(H,89,103)(H,90,104)(H,91,105)(H,92,106)(H,93,107)(H,94,102)(H,95,108)(H3,87,88,96,97)/t62?,63-,64-,65-,66-,67-,68-/m0/s1. The number of aromatic hydroxyl groups is 1. The highest BCUT2D eigenvalue weighted by Crippen LogP contribution is 2.27. The van der Waals surface area contributed by atoms with Crippen molar-refractivity contribution in [2.24, 2.45) is 28.7 Å². The smallest absolute Gasteiger partial charge is 0.306 e. The van der Waals surface area contributed by atoms with E-state index < -0.39 is 90.4 Å². The van der Waals surface area contributed by atoms with Crippen LogP contribution in [0.15, 0.2) is 24.3 Å². The minimum atomic E-state index is -1.56. The number of aromatic nitrogens is 4. The molecule has 0 fully saturated rings. The maximum atomic E-state index is 14.5. The number of rotatable bonds is 70. The molecular formula is C81H145N17O12S. The van der Waals surface area contributed by atoms with E-state index >= 15 is 0 Å². The number of benzene rings is 1. The zero-order chi connectivity index (χ0) is 81.1. The first-order valence-corrected chi connectivity index (χ1v) is 43.5. The van der Waals surface area contributed by atoms with Crippen LogP contribution in [0.5, 0.6) is 6.01 Å². The molecule has 0 bridgehead atoms. The van der Waals surface area contributed by atoms with Gasteiger partial charge in [0.1, 0.15) is 42.9 Å². The summed E-state index contributed by atoms with van der Waals surface area (Å²) < 4.78 is 13.1. The zero-order valence-electron chi connectivity index (χ0n) is 67.8. The fourth-order valence-corrected chi connectivity index (χ4v) is 13.9. The first kappa shape index (κ1) is 98.2. The van der Waals surface area contributed by atoms with E-state index in [9.17, 15) is 48.6 Å². The lowest BCUT2D eigenvalue weighted by molar-refractivity contribution is -0.157. The number of ether oxygens (including phenoxy) is 2. The lowest BCUT2D eigenvalue weighted by Gasteiger charge is -2.27. The quantitative estimate of drug-likeness (QED) is 0.0184. The Morgan fingerprint density at radius 3 is 1.29 bits per heavy atom. The third-order valence-corrected chi connectivity index (χ3v) is 20.9. The average molecular weight is 1580 g/mol. The lowest BCUT2D eigenvalue weighted by Crippen LogP contribution is -2.60. The summed E-state index contributed by atoms with van der Waals surface area (Å²) in [5, 5.41) is 41.1. The molecule has 3 aromatic rings. The Kier molecular flexibility index (Phi) is 55.3. The molecule has 21 N–H and O–H groups in total. The SMILES string of the molecule is CCCCCCCCCCCCCCCC(=O)OCC(CSC[C@H](N)C(=O)N[C@@H](CO)C(=O)N[C@@H](CCCCN)C(=O)N[C@@H](CCCCN)C(=O)N[C@@H](CCCCN)C(=O)N[C@@H](CCCCN)C(=O)Nc1ccc(Cn2c(O)nc3c(N)nc(NCCCC)nc32)cc1)OC(=O)CCCCCCCCCCCCCCC. The van der Waals surface area contributed by atoms with Gasteiger partial charge in [0, 0.05) is 36.6 Å². The second kappa shape index (κ2) is 62.5. The second-order valence-corrected chi connectivity index (χ2v) is 30.7. The van der Waals surface area contributed by atoms with Crippen LogP contribution in [0.4, 0.5) is 17.5 Å². The highest BCUT2D eigenvalue weighted by Gasteiger charge is 2.34. The second-order valence-electron chi connectivity index (χ2n) is 29.6. The molecular weight excluding hydrogens is 1440 g/mol. The van der Waals surface area contributed by atoms with Gasteiger partial charge in [-0.15, -0.1) is 0 Å². The van der Waals surface area contributed by atoms with Gasteiger partial charge in [0.15, 0.2) is 17.0 Å². The lowest BCUT2D eigenvalue weighted by atomic mass is 10.0. The fourth-order valence-electron chi connectivity index (χ4n) is 12.9. The van der Waals surface area contributed by atoms with Crippen LogP contribution in [0.2, 0.25) is 0 Å². The van der Waals surface area contributed by atoms with Crippen molar-refractivity contribution in [1.82, 2.24) is 46.1 Å². The summed E-state index contributed by atoms with van der Waals surface area (Å²) in [6.07, 6.45) is 36.1. The Hall–Kier alpha value is -6.96. The Bertz CT molecular complexity index is 3040. The van der Waals surface area contributed by atoms with Gasteiger partial charge in [-0.3, -0.25) is 42.9 Å². The number of nitrogens with zero attached hydrogens (tertiary/aromatic N) is 4. The highest BCUT2D eigenvalue weighted by atomic mass is 32.2. The van der Waals surface area contributed by atoms with Gasteiger partial charge in [0.2, 0.25) is 41.4 Å². The summed E-state index contributed by atoms with van der Waals surface area (Å²) in [5.41, 5.74) is 37.8. The number of amides is 6. The van der Waals surface area contributed by atoms with Gasteiger partial charge < -0.3 is 91.3 Å². The molecule has 0 saturated heterocycles. The van der Waals surface area contributed by atoms with Gasteiger partial charge in [0.05, 0.1) is 19.2 Å². The van der Waals surface area contributed by atoms with Gasteiger partial charge >= 0.3 is 11.9 Å². The van der Waals surface area contributed by atoms with Gasteiger partial charge in [0.25, 0.3) is 6.01 Å². The molecule has 3 rings (SSSR count). The summed E-state index contributed by atoms with van der Waals surface area (Å²) in [4.78, 5) is 125. The predicted octanol–water partition coefficient (Wildman–Crippen LogP) is 9.72. The molecule has 0 spiro atoms. The fraction of sp³-hybridized carbons (Fsp3) is 0.765. The molecule has 0 radical (unpaired) electrons. The number of carbonyl (C=O) groups is 8. The summed E-state index contributed by atoms with van der Waals surface area (Å²) in [7, 11) is 0. The van der Waals surface area contributed by atoms with Gasteiger partial charge in [-0.1, -0.05) is 193 Å². The molecule has 0 aliphatic carbocycles. The Labute approximate surface area is 666 Å². The normalized spacial score (nSPS) is 13.3. The molecule has 2 heterocycles. The number of aliphatic hydroxyl groups is 1. The molecule has 7 atom stereocenters. The van der Waals surface area contributed by atoms with Crippen LogP contribution in [-0.4, -0.2) is 177 Å². The van der Waals surface area contributed by atoms with Crippen molar-refractivity contribution in [2.45, 2.75) is 339 Å². The van der Waals surface area contributed by atoms with Gasteiger partial charge in [-0.25, -0.2) is 0 Å². The van der Waals surface area contributed by atoms with E-state index in [1.54, 1.807) is 24.3 Å². The zero-order valence-corrected chi connectivity index (χ0v) is 68.6. The van der Waals surface area contributed by atoms with Gasteiger partial charge in [-0.05, 0) is 140 Å². The number of nitrogens with two attached hydrogens (primary N) is 6. The Morgan fingerprint density at radius 2 is 0.865 bits per heavy atom. The molecule has 29 nitrogen and oxygen atoms in total. The number of hydrogen-bond donors (Lipinski definition) is 15. The molecule has 30 heteroatoms. The number of nitrogen functional groups attached to an aromatic ring is 1. The van der Waals surface area contributed by atoms with Crippen LogP contribution < -0.4 is 71.6 Å². The number of unbranched alkanes of at least 4 members (excludes halogenated alkanes) is 29. The topological polar surface area (TPSA) is 479 Å². The van der Waals surface area contributed by atoms with E-state index in [1.165, 1.54) is 132 Å². The first-order chi connectivity index (χ1) is 53.9. The van der Waals surface area contributed by atoms with Crippen molar-refractivity contribution >= 4 is 87.8 Å². The van der Waals surface area contributed by atoms with Crippen molar-refractivity contribution < 1.29 is 58.0 Å². The molecule has 2 aromatic heterocycles. The van der Waals surface area contributed by atoms with Gasteiger partial charge in [-0.2, -0.15) is 26.7 Å². The van der Waals surface area contributed by atoms with Crippen molar-refractivity contribution in [3.8, 4) is 6.01 Å². The van der Waals surface area contributed by atoms with Crippen molar-refractivity contribution in [3.63, 3.8) is 0 Å². The van der Waals surface area contributed by atoms with E-state index in [2.05, 4.69) is 72.9 Å². The summed E-state index contributed by atoms with van der Waals surface area (Å²) in [6, 6.07) is -1.05. The first-order valence-electron chi connectivity index (χ1n) is 42.3. The maximum Gasteiger partial charge on any atom is 0.306 e. The number of fused-ring (bicyclic) bond motifs is 1. The molecule has 1 aromatic carbocycles. The van der Waals surface area contributed by atoms with E-state index in [-0.39, 0.29) is 99.6 Å². The molecule has 111 heavy (non-hydrogen) atoms. The number of nitrogens with one attached hydrogen (secondary N) is 7. The van der Waals surface area contributed by atoms with Crippen molar-refractivity contribution in [1.29, 1.82) is 0 Å². The molecule has 0 aliphatic heterocycles. The molecule has 0 aliphatic rings. The number of hydrogen-bond acceptors (Lipinski definition) is 23. The number of aliphatic hydroxyl groups excluding tert-OH is 1. The van der Waals surface area contributed by atoms with E-state index in [1.807, 2.05) is 0 Å². The number of esters is 2. The van der Waals surface area contributed by atoms with E-state index in [0.29, 0.717) is 101 Å². The van der Waals surface area contributed by atoms with Crippen LogP contribution in [0, 0.1) is 0 Å². The predicted molar refractivity (Wildman–Crippen MR) is 444 cm³/mol. The molecule has 632 valence electrons. The minimum absolute atomic E-state index is 0.00646. The Morgan fingerprint density at radius 1 is 0.468 bits per heavy atom. The monoisotopic (exact) mass is 1580 g/mol. The largest absolute Gasteiger partial charge is 0.480 e. The van der Waals surface area contributed by atoms with Crippen LogP contribution in [0.25, 0.3) is 11.2 Å². The summed E-state index contributed by atoms with van der Waals surface area (Å²) in [5.74, 6) is -4.59. The third-order valence-electron chi connectivity index (χ3n) is 19.7. The van der Waals surface area contributed by atoms with E-state index in [4.69, 9.17) is 43.9 Å². The Balaban J connectivity index is 1.68. The van der Waals surface area contributed by atoms with E-state index in [0.717, 1.165) is 56.9 Å². The number of imidazole rings is 1. The third kappa shape index (κ3) is 43.8. The highest BCUT2D eigenvalue weighted by molar-refractivity contribution is 7.99. The number of anilines is 3. The minimum Gasteiger partial charge on any atom is -0.480 e. The molecule has 6 amide bonds. The summed E-state index contributed by atoms with van der Waals surface area (Å²) in [6.45, 7) is 7.47. The number of carbonyl (C=O) groups excluding carboxylic acids is 8. The van der Waals surface area contributed by atoms with Crippen molar-refractivity contribution in [2.75, 3.05) is 73.8 Å². The van der Waals surface area contributed by atoms with Crippen molar-refractivity contribution in [3.05, 3.63) is 29.8 Å². The maximum absolute atomic E-state index is 14.5. The van der Waals surface area contributed by atoms with Crippen LogP contribution >= 0.6 is 11.8 Å². The van der Waals surface area contributed by atoms with Crippen LogP contribution in [0.1, 0.15) is 296 Å².